The molecule has 2 aromatic rings. The van der Waals surface area contributed by atoms with Gasteiger partial charge in [-0.2, -0.15) is 0 Å². The van der Waals surface area contributed by atoms with Gasteiger partial charge in [0.2, 0.25) is 0 Å². The Morgan fingerprint density at radius 2 is 1.96 bits per heavy atom. The fourth-order valence-electron chi connectivity index (χ4n) is 3.83. The van der Waals surface area contributed by atoms with E-state index < -0.39 is 5.97 Å². The fraction of sp³-hybridized carbons (Fsp3) is 0.476. The zero-order valence-corrected chi connectivity index (χ0v) is 15.0. The van der Waals surface area contributed by atoms with Crippen LogP contribution >= 0.6 is 0 Å². The van der Waals surface area contributed by atoms with E-state index in [2.05, 4.69) is 47.4 Å². The molecule has 0 saturated carbocycles. The summed E-state index contributed by atoms with van der Waals surface area (Å²) in [6, 6.07) is 15.6. The van der Waals surface area contributed by atoms with Crippen molar-refractivity contribution in [1.82, 2.24) is 9.80 Å². The quantitative estimate of drug-likeness (QED) is 0.877. The number of benzene rings is 2. The van der Waals surface area contributed by atoms with E-state index in [0.29, 0.717) is 6.04 Å². The number of aliphatic carboxylic acids is 1. The first kappa shape index (κ1) is 17.9. The molecule has 0 amide bonds. The molecule has 0 spiro atoms. The van der Waals surface area contributed by atoms with Crippen LogP contribution in [0.2, 0.25) is 0 Å². The Bertz CT molecular complexity index is 716. The summed E-state index contributed by atoms with van der Waals surface area (Å²) in [5.41, 5.74) is 1.39. The zero-order chi connectivity index (χ0) is 17.6. The van der Waals surface area contributed by atoms with E-state index >= 15 is 0 Å². The number of carbonyl (C=O) groups is 1. The van der Waals surface area contributed by atoms with Crippen LogP contribution in [0.4, 0.5) is 0 Å². The van der Waals surface area contributed by atoms with Gasteiger partial charge in [0.15, 0.2) is 0 Å². The Morgan fingerprint density at radius 3 is 2.76 bits per heavy atom. The molecule has 0 aliphatic carbocycles. The van der Waals surface area contributed by atoms with Crippen LogP contribution in [0.5, 0.6) is 0 Å². The Labute approximate surface area is 150 Å². The van der Waals surface area contributed by atoms with Crippen LogP contribution < -0.4 is 0 Å². The Balaban J connectivity index is 1.52. The largest absolute Gasteiger partial charge is 0.480 e. The molecule has 3 rings (SSSR count). The van der Waals surface area contributed by atoms with Crippen LogP contribution in [0, 0.1) is 0 Å². The molecule has 0 aromatic heterocycles. The lowest BCUT2D eigenvalue weighted by Crippen LogP contribution is -2.36. The molecule has 134 valence electrons. The molecule has 2 aromatic carbocycles. The molecule has 1 N–H and O–H groups in total. The summed E-state index contributed by atoms with van der Waals surface area (Å²) in [7, 11) is 1.93. The van der Waals surface area contributed by atoms with Crippen LogP contribution in [-0.2, 0) is 11.2 Å². The van der Waals surface area contributed by atoms with Crippen LogP contribution in [0.25, 0.3) is 10.8 Å². The summed E-state index contributed by atoms with van der Waals surface area (Å²) in [6.45, 7) is 3.39. The second-order valence-corrected chi connectivity index (χ2v) is 7.17. The van der Waals surface area contributed by atoms with E-state index in [-0.39, 0.29) is 6.54 Å². The smallest absolute Gasteiger partial charge is 0.317 e. The van der Waals surface area contributed by atoms with Gasteiger partial charge in [0.1, 0.15) is 0 Å². The number of hydrogen-bond acceptors (Lipinski definition) is 3. The Hall–Kier alpha value is -1.91. The van der Waals surface area contributed by atoms with E-state index in [4.69, 9.17) is 5.11 Å². The third kappa shape index (κ3) is 5.03. The van der Waals surface area contributed by atoms with E-state index in [1.165, 1.54) is 16.3 Å². The van der Waals surface area contributed by atoms with E-state index in [0.717, 1.165) is 45.3 Å². The van der Waals surface area contributed by atoms with Gasteiger partial charge < -0.3 is 10.0 Å². The molecule has 0 radical (unpaired) electrons. The lowest BCUT2D eigenvalue weighted by molar-refractivity contribution is -0.138. The van der Waals surface area contributed by atoms with Crippen LogP contribution in [0.15, 0.2) is 42.5 Å². The van der Waals surface area contributed by atoms with Gasteiger partial charge >= 0.3 is 5.97 Å². The van der Waals surface area contributed by atoms with Crippen LogP contribution in [0.3, 0.4) is 0 Å². The minimum Gasteiger partial charge on any atom is -0.480 e. The monoisotopic (exact) mass is 340 g/mol. The maximum absolute atomic E-state index is 10.9. The van der Waals surface area contributed by atoms with Crippen molar-refractivity contribution in [2.75, 3.05) is 33.2 Å². The summed E-state index contributed by atoms with van der Waals surface area (Å²) >= 11 is 0. The molecule has 1 saturated heterocycles. The standard InChI is InChI=1S/C21H28N2O2/c1-22(16-21(24)25)20-7-4-12-23(14-11-20)13-10-17-8-9-18-5-2-3-6-19(18)15-17/h2-3,5-6,8-9,15,20H,4,7,10-14,16H2,1H3,(H,24,25). The summed E-state index contributed by atoms with van der Waals surface area (Å²) in [6.07, 6.45) is 4.37. The number of nitrogens with zero attached hydrogens (tertiary/aromatic N) is 2. The van der Waals surface area contributed by atoms with Crippen molar-refractivity contribution < 1.29 is 9.90 Å². The van der Waals surface area contributed by atoms with Crippen molar-refractivity contribution in [3.8, 4) is 0 Å². The van der Waals surface area contributed by atoms with Crippen molar-refractivity contribution in [3.63, 3.8) is 0 Å². The molecular weight excluding hydrogens is 312 g/mol. The number of rotatable bonds is 6. The average Bonchev–Trinajstić information content (AvgIpc) is 2.85. The third-order valence-electron chi connectivity index (χ3n) is 5.33. The maximum Gasteiger partial charge on any atom is 0.317 e. The first-order valence-electron chi connectivity index (χ1n) is 9.24. The highest BCUT2D eigenvalue weighted by atomic mass is 16.4. The van der Waals surface area contributed by atoms with Gasteiger partial charge in [0.05, 0.1) is 6.54 Å². The molecule has 4 nitrogen and oxygen atoms in total. The second kappa shape index (κ2) is 8.45. The van der Waals surface area contributed by atoms with Crippen molar-refractivity contribution in [3.05, 3.63) is 48.0 Å². The molecule has 1 aliphatic heterocycles. The summed E-state index contributed by atoms with van der Waals surface area (Å²) < 4.78 is 0. The highest BCUT2D eigenvalue weighted by molar-refractivity contribution is 5.82. The van der Waals surface area contributed by atoms with Crippen LogP contribution in [-0.4, -0.2) is 60.1 Å². The molecule has 1 unspecified atom stereocenters. The second-order valence-electron chi connectivity index (χ2n) is 7.17. The number of fused-ring (bicyclic) bond motifs is 1. The lowest BCUT2D eigenvalue weighted by Gasteiger charge is -2.25. The SMILES string of the molecule is CN(CC(=O)O)C1CCCN(CCc2ccc3ccccc3c2)CC1. The summed E-state index contributed by atoms with van der Waals surface area (Å²) in [5.74, 6) is -0.736. The van der Waals surface area contributed by atoms with E-state index in [1.807, 2.05) is 11.9 Å². The first-order chi connectivity index (χ1) is 12.1. The molecule has 0 bridgehead atoms. The zero-order valence-electron chi connectivity index (χ0n) is 15.0. The normalized spacial score (nSPS) is 19.2. The number of carboxylic acid groups (broad SMARTS) is 1. The van der Waals surface area contributed by atoms with Gasteiger partial charge in [-0.25, -0.2) is 0 Å². The summed E-state index contributed by atoms with van der Waals surface area (Å²) in [4.78, 5) is 15.4. The predicted molar refractivity (Wildman–Crippen MR) is 102 cm³/mol. The van der Waals surface area contributed by atoms with Gasteiger partial charge in [-0.3, -0.25) is 9.69 Å². The van der Waals surface area contributed by atoms with Crippen molar-refractivity contribution in [1.29, 1.82) is 0 Å². The number of likely N-dealkylation sites (N-methyl/N-ethyl adjacent to an activating group) is 1. The summed E-state index contributed by atoms with van der Waals surface area (Å²) in [5, 5.41) is 11.6. The molecule has 1 aliphatic rings. The van der Waals surface area contributed by atoms with Crippen molar-refractivity contribution in [2.45, 2.75) is 31.7 Å². The predicted octanol–water partition coefficient (Wildman–Crippen LogP) is 3.25. The van der Waals surface area contributed by atoms with Gasteiger partial charge in [-0.1, -0.05) is 42.5 Å². The first-order valence-corrected chi connectivity index (χ1v) is 9.24. The minimum absolute atomic E-state index is 0.141. The van der Waals surface area contributed by atoms with Gasteiger partial charge in [-0.05, 0) is 62.2 Å². The third-order valence-corrected chi connectivity index (χ3v) is 5.33. The highest BCUT2D eigenvalue weighted by Crippen LogP contribution is 2.18. The Kier molecular flexibility index (Phi) is 6.05. The van der Waals surface area contributed by atoms with Gasteiger partial charge in [-0.15, -0.1) is 0 Å². The molecule has 1 fully saturated rings. The molecule has 1 heterocycles. The molecule has 25 heavy (non-hydrogen) atoms. The molecule has 4 heteroatoms. The van der Waals surface area contributed by atoms with E-state index in [9.17, 15) is 4.79 Å². The number of hydrogen-bond donors (Lipinski definition) is 1. The number of carboxylic acids is 1. The van der Waals surface area contributed by atoms with Crippen molar-refractivity contribution >= 4 is 16.7 Å². The lowest BCUT2D eigenvalue weighted by atomic mass is 10.0. The van der Waals surface area contributed by atoms with E-state index in [1.54, 1.807) is 0 Å². The van der Waals surface area contributed by atoms with Gasteiger partial charge in [0.25, 0.3) is 0 Å². The van der Waals surface area contributed by atoms with Gasteiger partial charge in [0, 0.05) is 12.6 Å². The molecular formula is C21H28N2O2. The van der Waals surface area contributed by atoms with Crippen LogP contribution in [0.1, 0.15) is 24.8 Å². The highest BCUT2D eigenvalue weighted by Gasteiger charge is 2.21. The van der Waals surface area contributed by atoms with Crippen molar-refractivity contribution in [2.24, 2.45) is 0 Å². The maximum atomic E-state index is 10.9. The minimum atomic E-state index is -0.736. The topological polar surface area (TPSA) is 43.8 Å². The molecule has 1 atom stereocenters. The average molecular weight is 340 g/mol. The number of likely N-dealkylation sites (tertiary alicyclic amines) is 1. The Morgan fingerprint density at radius 1 is 1.16 bits per heavy atom. The fourth-order valence-corrected chi connectivity index (χ4v) is 3.83.